The summed E-state index contributed by atoms with van der Waals surface area (Å²) < 4.78 is 6.59. The van der Waals surface area contributed by atoms with E-state index < -0.39 is 0 Å². The molecule has 1 nitrogen and oxygen atoms in total. The molecule has 226 valence electrons. The van der Waals surface area contributed by atoms with Gasteiger partial charge in [-0.05, 0) is 103 Å². The molecule has 47 heavy (non-hydrogen) atoms. The van der Waals surface area contributed by atoms with Gasteiger partial charge in [-0.1, -0.05) is 84.5 Å². The molecule has 2 unspecified atom stereocenters. The van der Waals surface area contributed by atoms with Crippen LogP contribution >= 0.6 is 22.7 Å². The molecular formula is C44H33NS2. The minimum Gasteiger partial charge on any atom is -0.309 e. The van der Waals surface area contributed by atoms with Crippen molar-refractivity contribution in [3.63, 3.8) is 0 Å². The highest BCUT2D eigenvalue weighted by Crippen LogP contribution is 2.45. The van der Waals surface area contributed by atoms with E-state index in [2.05, 4.69) is 146 Å². The molecule has 8 aromatic rings. The van der Waals surface area contributed by atoms with Crippen LogP contribution in [0.1, 0.15) is 40.8 Å². The summed E-state index contributed by atoms with van der Waals surface area (Å²) in [4.78, 5) is 1.43. The molecule has 2 aliphatic rings. The van der Waals surface area contributed by atoms with E-state index in [1.54, 1.807) is 0 Å². The standard InChI is InChI=1S/C44H33NS2/c1-26-23-28(29-16-21-41-36(25-29)33-9-4-7-13-39(33)46-41)15-18-31(26)32-19-17-30(24-27(32)2)45-37-12-6-3-10-34(37)43-38(45)20-22-42-44(43)35-11-5-8-14-40(35)47-42/h3-17,19-24,29,31H,18,25H2,1-2H3. The Kier molecular flexibility index (Phi) is 6.07. The number of aryl methyl sites for hydroxylation is 1. The number of rotatable bonds is 3. The first-order valence-corrected chi connectivity index (χ1v) is 18.3. The van der Waals surface area contributed by atoms with Crippen LogP contribution < -0.4 is 0 Å². The van der Waals surface area contributed by atoms with E-state index in [0.29, 0.717) is 11.8 Å². The van der Waals surface area contributed by atoms with Crippen LogP contribution in [0.25, 0.3) is 63.8 Å². The van der Waals surface area contributed by atoms with Gasteiger partial charge in [0.05, 0.1) is 11.0 Å². The number of hydrogen-bond acceptors (Lipinski definition) is 2. The lowest BCUT2D eigenvalue weighted by Crippen LogP contribution is -2.13. The lowest BCUT2D eigenvalue weighted by Gasteiger charge is -2.27. The lowest BCUT2D eigenvalue weighted by atomic mass is 9.77. The Balaban J connectivity index is 1.01. The average Bonchev–Trinajstić information content (AvgIpc) is 3.77. The van der Waals surface area contributed by atoms with Crippen LogP contribution in [0.5, 0.6) is 0 Å². The number of hydrogen-bond donors (Lipinski definition) is 0. The Morgan fingerprint density at radius 3 is 2.28 bits per heavy atom. The maximum Gasteiger partial charge on any atom is 0.0548 e. The molecule has 10 rings (SSSR count). The van der Waals surface area contributed by atoms with Gasteiger partial charge in [0.25, 0.3) is 0 Å². The Hall–Kier alpha value is -4.70. The maximum atomic E-state index is 2.52. The van der Waals surface area contributed by atoms with Gasteiger partial charge in [-0.25, -0.2) is 0 Å². The van der Waals surface area contributed by atoms with Crippen LogP contribution in [-0.2, 0) is 6.42 Å². The number of nitrogens with zero attached hydrogens (tertiary/aromatic N) is 1. The quantitative estimate of drug-likeness (QED) is 0.181. The van der Waals surface area contributed by atoms with Gasteiger partial charge >= 0.3 is 0 Å². The third-order valence-corrected chi connectivity index (χ3v) is 13.0. The fraction of sp³-hybridized carbons (Fsp3) is 0.136. The van der Waals surface area contributed by atoms with Crippen LogP contribution in [0.15, 0.2) is 133 Å². The Labute approximate surface area is 282 Å². The topological polar surface area (TPSA) is 4.93 Å². The molecule has 3 heteroatoms. The highest BCUT2D eigenvalue weighted by Gasteiger charge is 2.25. The first kappa shape index (κ1) is 27.4. The summed E-state index contributed by atoms with van der Waals surface area (Å²) in [6.45, 7) is 4.64. The van der Waals surface area contributed by atoms with E-state index >= 15 is 0 Å². The summed E-state index contributed by atoms with van der Waals surface area (Å²) in [5.74, 6) is 0.856. The SMILES string of the molecule is CC1=CC(C2C=Cc3sc4ccccc4c3C2)=CCC1c1ccc(-n2c3ccccc3c3c4c(ccc32)sc2ccccc24)cc1C. The summed E-state index contributed by atoms with van der Waals surface area (Å²) in [5.41, 5.74) is 11.0. The third kappa shape index (κ3) is 4.13. The van der Waals surface area contributed by atoms with Gasteiger partial charge in [0.15, 0.2) is 0 Å². The van der Waals surface area contributed by atoms with Crippen molar-refractivity contribution in [2.75, 3.05) is 0 Å². The molecule has 2 atom stereocenters. The van der Waals surface area contributed by atoms with Gasteiger partial charge in [0.2, 0.25) is 0 Å². The summed E-state index contributed by atoms with van der Waals surface area (Å²) >= 11 is 3.82. The van der Waals surface area contributed by atoms with Crippen molar-refractivity contribution >= 4 is 80.8 Å². The molecule has 0 bridgehead atoms. The highest BCUT2D eigenvalue weighted by molar-refractivity contribution is 7.26. The molecule has 5 aromatic carbocycles. The fourth-order valence-electron chi connectivity index (χ4n) is 8.42. The second-order valence-electron chi connectivity index (χ2n) is 13.3. The third-order valence-electron chi connectivity index (χ3n) is 10.7. The number of thiophene rings is 2. The van der Waals surface area contributed by atoms with Crippen molar-refractivity contribution in [2.45, 2.75) is 32.6 Å². The van der Waals surface area contributed by atoms with Crippen molar-refractivity contribution in [1.82, 2.24) is 4.57 Å². The van der Waals surface area contributed by atoms with E-state index in [4.69, 9.17) is 0 Å². The van der Waals surface area contributed by atoms with E-state index in [9.17, 15) is 0 Å². The Morgan fingerprint density at radius 1 is 0.681 bits per heavy atom. The van der Waals surface area contributed by atoms with Crippen LogP contribution in [0.3, 0.4) is 0 Å². The van der Waals surface area contributed by atoms with Gasteiger partial charge in [-0.2, -0.15) is 0 Å². The zero-order chi connectivity index (χ0) is 31.2. The molecule has 0 fully saturated rings. The number of benzene rings is 5. The van der Waals surface area contributed by atoms with Gasteiger partial charge in [-0.15, -0.1) is 22.7 Å². The summed E-state index contributed by atoms with van der Waals surface area (Å²) in [7, 11) is 0. The monoisotopic (exact) mass is 639 g/mol. The number of para-hydroxylation sites is 1. The van der Waals surface area contributed by atoms with Crippen molar-refractivity contribution in [3.8, 4) is 5.69 Å². The van der Waals surface area contributed by atoms with Gasteiger partial charge in [0.1, 0.15) is 0 Å². The van der Waals surface area contributed by atoms with Crippen molar-refractivity contribution in [2.24, 2.45) is 5.92 Å². The molecule has 0 N–H and O–H groups in total. The zero-order valence-corrected chi connectivity index (χ0v) is 28.1. The van der Waals surface area contributed by atoms with E-state index in [1.165, 1.54) is 90.5 Å². The summed E-state index contributed by atoms with van der Waals surface area (Å²) in [6, 6.07) is 38.5. The van der Waals surface area contributed by atoms with E-state index in [0.717, 1.165) is 12.8 Å². The average molecular weight is 640 g/mol. The molecule has 2 aliphatic carbocycles. The normalized spacial score (nSPS) is 18.0. The molecule has 0 amide bonds. The first-order chi connectivity index (χ1) is 23.1. The number of allylic oxidation sites excluding steroid dienone is 5. The second kappa shape index (κ2) is 10.4. The van der Waals surface area contributed by atoms with Gasteiger partial charge in [-0.3, -0.25) is 0 Å². The predicted octanol–water partition coefficient (Wildman–Crippen LogP) is 12.9. The van der Waals surface area contributed by atoms with Crippen molar-refractivity contribution < 1.29 is 0 Å². The maximum absolute atomic E-state index is 2.52. The van der Waals surface area contributed by atoms with Crippen LogP contribution in [0.4, 0.5) is 0 Å². The van der Waals surface area contributed by atoms with Crippen molar-refractivity contribution in [3.05, 3.63) is 154 Å². The Bertz CT molecular complexity index is 2670. The van der Waals surface area contributed by atoms with Crippen LogP contribution in [0, 0.1) is 12.8 Å². The highest BCUT2D eigenvalue weighted by atomic mass is 32.1. The molecule has 3 aromatic heterocycles. The number of aromatic nitrogens is 1. The number of fused-ring (bicyclic) bond motifs is 10. The zero-order valence-electron chi connectivity index (χ0n) is 26.5. The van der Waals surface area contributed by atoms with Gasteiger partial charge < -0.3 is 4.57 Å². The molecule has 0 aliphatic heterocycles. The first-order valence-electron chi connectivity index (χ1n) is 16.6. The molecule has 0 saturated carbocycles. The van der Waals surface area contributed by atoms with E-state index in [1.807, 2.05) is 22.7 Å². The summed E-state index contributed by atoms with van der Waals surface area (Å²) in [5, 5.41) is 6.85. The van der Waals surface area contributed by atoms with Crippen LogP contribution in [-0.4, -0.2) is 4.57 Å². The minimum absolute atomic E-state index is 0.410. The smallest absolute Gasteiger partial charge is 0.0548 e. The second-order valence-corrected chi connectivity index (χ2v) is 15.5. The molecule has 0 saturated heterocycles. The van der Waals surface area contributed by atoms with E-state index in [-0.39, 0.29) is 0 Å². The molecule has 0 spiro atoms. The van der Waals surface area contributed by atoms with Gasteiger partial charge in [0, 0.05) is 58.0 Å². The fourth-order valence-corrected chi connectivity index (χ4v) is 10.7. The predicted molar refractivity (Wildman–Crippen MR) is 206 cm³/mol. The molecular weight excluding hydrogens is 607 g/mol. The largest absolute Gasteiger partial charge is 0.309 e. The lowest BCUT2D eigenvalue weighted by molar-refractivity contribution is 0.720. The Morgan fingerprint density at radius 2 is 1.45 bits per heavy atom. The minimum atomic E-state index is 0.410. The molecule has 3 heterocycles. The van der Waals surface area contributed by atoms with Crippen LogP contribution in [0.2, 0.25) is 0 Å². The summed E-state index contributed by atoms with van der Waals surface area (Å²) in [6.07, 6.45) is 12.0. The molecule has 0 radical (unpaired) electrons. The van der Waals surface area contributed by atoms with Crippen molar-refractivity contribution in [1.29, 1.82) is 0 Å².